The van der Waals surface area contributed by atoms with Gasteiger partial charge in [0, 0.05) is 0 Å². The quantitative estimate of drug-likeness (QED) is 0.759. The molecule has 0 spiro atoms. The zero-order valence-electron chi connectivity index (χ0n) is 9.24. The van der Waals surface area contributed by atoms with Crippen LogP contribution in [0.25, 0.3) is 0 Å². The number of benzene rings is 1. The number of aryl methyl sites for hydroxylation is 1. The SMILES string of the molecule is Cc1ccc(NC(=O)C(N)CC(=O)O)c(Cl)c1. The Labute approximate surface area is 104 Å². The summed E-state index contributed by atoms with van der Waals surface area (Å²) in [7, 11) is 0. The summed E-state index contributed by atoms with van der Waals surface area (Å²) in [5.74, 6) is -1.69. The van der Waals surface area contributed by atoms with Crippen molar-refractivity contribution < 1.29 is 14.7 Å². The minimum Gasteiger partial charge on any atom is -0.481 e. The minimum absolute atomic E-state index is 0.390. The molecular weight excluding hydrogens is 244 g/mol. The number of carboxylic acids is 1. The molecule has 1 rings (SSSR count). The van der Waals surface area contributed by atoms with E-state index in [-0.39, 0.29) is 0 Å². The highest BCUT2D eigenvalue weighted by atomic mass is 35.5. The van der Waals surface area contributed by atoms with E-state index in [2.05, 4.69) is 5.32 Å². The molecular formula is C11H13ClN2O3. The Hall–Kier alpha value is -1.59. The number of nitrogens with one attached hydrogen (secondary N) is 1. The molecule has 1 aromatic carbocycles. The lowest BCUT2D eigenvalue weighted by molar-refractivity contribution is -0.138. The molecule has 6 heteroatoms. The van der Waals surface area contributed by atoms with Gasteiger partial charge in [-0.25, -0.2) is 0 Å². The zero-order chi connectivity index (χ0) is 13.0. The summed E-state index contributed by atoms with van der Waals surface area (Å²) in [5.41, 5.74) is 6.79. The number of rotatable bonds is 4. The van der Waals surface area contributed by atoms with Crippen LogP contribution < -0.4 is 11.1 Å². The first-order valence-corrected chi connectivity index (χ1v) is 5.32. The maximum absolute atomic E-state index is 11.5. The maximum Gasteiger partial charge on any atom is 0.305 e. The lowest BCUT2D eigenvalue weighted by atomic mass is 10.2. The molecule has 4 N–H and O–H groups in total. The van der Waals surface area contributed by atoms with Crippen LogP contribution >= 0.6 is 11.6 Å². The molecule has 0 radical (unpaired) electrons. The van der Waals surface area contributed by atoms with Gasteiger partial charge >= 0.3 is 5.97 Å². The van der Waals surface area contributed by atoms with Crippen molar-refractivity contribution in [3.8, 4) is 0 Å². The summed E-state index contributed by atoms with van der Waals surface area (Å²) in [6, 6.07) is 4.03. The average molecular weight is 257 g/mol. The number of carbonyl (C=O) groups is 2. The van der Waals surface area contributed by atoms with Gasteiger partial charge in [-0.3, -0.25) is 9.59 Å². The van der Waals surface area contributed by atoms with E-state index < -0.39 is 24.3 Å². The van der Waals surface area contributed by atoms with Crippen LogP contribution in [0.5, 0.6) is 0 Å². The number of nitrogens with two attached hydrogens (primary N) is 1. The van der Waals surface area contributed by atoms with Crippen molar-refractivity contribution in [1.82, 2.24) is 0 Å². The van der Waals surface area contributed by atoms with Crippen LogP contribution in [0.3, 0.4) is 0 Å². The fourth-order valence-corrected chi connectivity index (χ4v) is 1.51. The summed E-state index contributed by atoms with van der Waals surface area (Å²) in [6.07, 6.45) is -0.421. The molecule has 0 aliphatic heterocycles. The lowest BCUT2D eigenvalue weighted by Crippen LogP contribution is -2.37. The number of hydrogen-bond acceptors (Lipinski definition) is 3. The highest BCUT2D eigenvalue weighted by Gasteiger charge is 2.17. The van der Waals surface area contributed by atoms with Crippen LogP contribution in [-0.4, -0.2) is 23.0 Å². The molecule has 17 heavy (non-hydrogen) atoms. The Bertz CT molecular complexity index is 448. The summed E-state index contributed by atoms with van der Waals surface area (Å²) in [4.78, 5) is 21.9. The third-order valence-electron chi connectivity index (χ3n) is 2.11. The van der Waals surface area contributed by atoms with E-state index in [9.17, 15) is 9.59 Å². The number of carbonyl (C=O) groups excluding carboxylic acids is 1. The van der Waals surface area contributed by atoms with Gasteiger partial charge in [-0.15, -0.1) is 0 Å². The summed E-state index contributed by atoms with van der Waals surface area (Å²) < 4.78 is 0. The van der Waals surface area contributed by atoms with Crippen LogP contribution in [0.15, 0.2) is 18.2 Å². The Morgan fingerprint density at radius 3 is 2.71 bits per heavy atom. The molecule has 0 saturated carbocycles. The second-order valence-corrected chi connectivity index (χ2v) is 4.08. The fraction of sp³-hybridized carbons (Fsp3) is 0.273. The summed E-state index contributed by atoms with van der Waals surface area (Å²) in [5, 5.41) is 11.4. The molecule has 0 aliphatic carbocycles. The Balaban J connectivity index is 2.71. The van der Waals surface area contributed by atoms with Crippen molar-refractivity contribution in [2.75, 3.05) is 5.32 Å². The summed E-state index contributed by atoms with van der Waals surface area (Å²) >= 11 is 5.91. The fourth-order valence-electron chi connectivity index (χ4n) is 1.23. The Morgan fingerprint density at radius 1 is 1.53 bits per heavy atom. The predicted octanol–water partition coefficient (Wildman–Crippen LogP) is 1.39. The number of anilines is 1. The normalized spacial score (nSPS) is 11.9. The first kappa shape index (κ1) is 13.5. The zero-order valence-corrected chi connectivity index (χ0v) is 9.99. The van der Waals surface area contributed by atoms with Gasteiger partial charge in [0.15, 0.2) is 0 Å². The minimum atomic E-state index is -1.12. The van der Waals surface area contributed by atoms with E-state index in [4.69, 9.17) is 22.4 Å². The van der Waals surface area contributed by atoms with Gasteiger partial charge in [-0.1, -0.05) is 17.7 Å². The Morgan fingerprint density at radius 2 is 2.18 bits per heavy atom. The molecule has 0 saturated heterocycles. The van der Waals surface area contributed by atoms with E-state index in [1.54, 1.807) is 18.2 Å². The van der Waals surface area contributed by atoms with Gasteiger partial charge in [-0.05, 0) is 24.6 Å². The molecule has 5 nitrogen and oxygen atoms in total. The van der Waals surface area contributed by atoms with Gasteiger partial charge in [-0.2, -0.15) is 0 Å². The number of amides is 1. The maximum atomic E-state index is 11.5. The van der Waals surface area contributed by atoms with Crippen molar-refractivity contribution in [3.05, 3.63) is 28.8 Å². The van der Waals surface area contributed by atoms with Crippen molar-refractivity contribution in [2.24, 2.45) is 5.73 Å². The van der Waals surface area contributed by atoms with E-state index in [1.165, 1.54) is 0 Å². The van der Waals surface area contributed by atoms with Crippen molar-refractivity contribution in [3.63, 3.8) is 0 Å². The van der Waals surface area contributed by atoms with E-state index in [0.29, 0.717) is 10.7 Å². The molecule has 0 aromatic heterocycles. The molecule has 0 heterocycles. The summed E-state index contributed by atoms with van der Waals surface area (Å²) in [6.45, 7) is 1.87. The molecule has 1 amide bonds. The van der Waals surface area contributed by atoms with Gasteiger partial charge in [0.1, 0.15) is 0 Å². The molecule has 0 fully saturated rings. The highest BCUT2D eigenvalue weighted by Crippen LogP contribution is 2.22. The monoisotopic (exact) mass is 256 g/mol. The number of hydrogen-bond donors (Lipinski definition) is 3. The predicted molar refractivity (Wildman–Crippen MR) is 65.0 cm³/mol. The van der Waals surface area contributed by atoms with Crippen LogP contribution in [0.1, 0.15) is 12.0 Å². The number of carboxylic acid groups (broad SMARTS) is 1. The molecule has 0 aliphatic rings. The topological polar surface area (TPSA) is 92.4 Å². The van der Waals surface area contributed by atoms with Crippen molar-refractivity contribution in [2.45, 2.75) is 19.4 Å². The van der Waals surface area contributed by atoms with E-state index in [0.717, 1.165) is 5.56 Å². The molecule has 92 valence electrons. The molecule has 0 bridgehead atoms. The largest absolute Gasteiger partial charge is 0.481 e. The number of halogens is 1. The van der Waals surface area contributed by atoms with Gasteiger partial charge in [0.2, 0.25) is 5.91 Å². The lowest BCUT2D eigenvalue weighted by Gasteiger charge is -2.11. The van der Waals surface area contributed by atoms with Crippen molar-refractivity contribution >= 4 is 29.2 Å². The van der Waals surface area contributed by atoms with E-state index in [1.807, 2.05) is 6.92 Å². The third-order valence-corrected chi connectivity index (χ3v) is 2.43. The molecule has 1 atom stereocenters. The van der Waals surface area contributed by atoms with E-state index >= 15 is 0 Å². The van der Waals surface area contributed by atoms with Gasteiger partial charge < -0.3 is 16.2 Å². The molecule has 1 aromatic rings. The third kappa shape index (κ3) is 4.05. The van der Waals surface area contributed by atoms with Gasteiger partial charge in [0.25, 0.3) is 0 Å². The highest BCUT2D eigenvalue weighted by molar-refractivity contribution is 6.33. The second-order valence-electron chi connectivity index (χ2n) is 3.68. The van der Waals surface area contributed by atoms with Crippen LogP contribution in [0.2, 0.25) is 5.02 Å². The molecule has 1 unspecified atom stereocenters. The first-order valence-electron chi connectivity index (χ1n) is 4.94. The van der Waals surface area contributed by atoms with Crippen LogP contribution in [0, 0.1) is 6.92 Å². The smallest absolute Gasteiger partial charge is 0.305 e. The van der Waals surface area contributed by atoms with Crippen LogP contribution in [0.4, 0.5) is 5.69 Å². The van der Waals surface area contributed by atoms with Gasteiger partial charge in [0.05, 0.1) is 23.2 Å². The second kappa shape index (κ2) is 5.65. The van der Waals surface area contributed by atoms with Crippen LogP contribution in [-0.2, 0) is 9.59 Å². The number of aliphatic carboxylic acids is 1. The first-order chi connectivity index (χ1) is 7.90. The average Bonchev–Trinajstić information content (AvgIpc) is 2.21. The standard InChI is InChI=1S/C11H13ClN2O3/c1-6-2-3-9(7(12)4-6)14-11(17)8(13)5-10(15)16/h2-4,8H,5,13H2,1H3,(H,14,17)(H,15,16). The Kier molecular flexibility index (Phi) is 4.48. The van der Waals surface area contributed by atoms with Crippen molar-refractivity contribution in [1.29, 1.82) is 0 Å².